The van der Waals surface area contributed by atoms with Crippen molar-refractivity contribution in [3.05, 3.63) is 139 Å². The zero-order valence-corrected chi connectivity index (χ0v) is 22.6. The van der Waals surface area contributed by atoms with E-state index in [0.29, 0.717) is 17.0 Å². The van der Waals surface area contributed by atoms with Gasteiger partial charge in [-0.25, -0.2) is 0 Å². The Labute approximate surface area is 233 Å². The highest BCUT2D eigenvalue weighted by Crippen LogP contribution is 2.34. The minimum atomic E-state index is 0.619. The van der Waals surface area contributed by atoms with Crippen LogP contribution in [0.15, 0.2) is 122 Å². The lowest BCUT2D eigenvalue weighted by Crippen LogP contribution is -2.05. The third-order valence-corrected chi connectivity index (χ3v) is 7.42. The molecule has 0 aliphatic carbocycles. The van der Waals surface area contributed by atoms with Gasteiger partial charge in [0.15, 0.2) is 0 Å². The van der Waals surface area contributed by atoms with Gasteiger partial charge in [-0.3, -0.25) is 9.97 Å². The maximum atomic E-state index is 6.40. The number of hydrogen-bond acceptors (Lipinski definition) is 6. The zero-order valence-electron chi connectivity index (χ0n) is 21.7. The molecule has 192 valence electrons. The summed E-state index contributed by atoms with van der Waals surface area (Å²) in [6, 6.07) is 22.0. The van der Waals surface area contributed by atoms with Crippen LogP contribution in [0.1, 0.15) is 16.7 Å². The van der Waals surface area contributed by atoms with Gasteiger partial charge in [0.2, 0.25) is 0 Å². The molecule has 0 spiro atoms. The van der Waals surface area contributed by atoms with Gasteiger partial charge in [-0.05, 0) is 58.8 Å². The van der Waals surface area contributed by atoms with E-state index in [9.17, 15) is 0 Å². The number of nitrogen functional groups attached to an aromatic ring is 1. The number of hydrogen-bond donors (Lipinski definition) is 3. The van der Waals surface area contributed by atoms with Gasteiger partial charge in [0.05, 0.1) is 23.8 Å². The number of benzene rings is 2. The molecule has 0 bridgehead atoms. The predicted octanol–water partition coefficient (Wildman–Crippen LogP) is 8.48. The van der Waals surface area contributed by atoms with E-state index >= 15 is 0 Å². The highest BCUT2D eigenvalue weighted by Gasteiger charge is 2.13. The summed E-state index contributed by atoms with van der Waals surface area (Å²) in [7, 11) is 0. The summed E-state index contributed by atoms with van der Waals surface area (Å²) in [6.45, 7) is 14.8. The van der Waals surface area contributed by atoms with E-state index in [1.165, 1.54) is 4.88 Å². The molecular formula is C33H29N5S. The summed E-state index contributed by atoms with van der Waals surface area (Å²) in [5.74, 6) is 0. The average molecular weight is 528 g/mol. The number of nitrogens with two attached hydrogens (primary N) is 1. The maximum absolute atomic E-state index is 6.40. The molecule has 6 heteroatoms. The first-order valence-electron chi connectivity index (χ1n) is 12.4. The van der Waals surface area contributed by atoms with Crippen LogP contribution >= 0.6 is 11.3 Å². The number of nitrogens with zero attached hydrogens (tertiary/aromatic N) is 2. The lowest BCUT2D eigenvalue weighted by molar-refractivity contribution is 1.27. The summed E-state index contributed by atoms with van der Waals surface area (Å²) < 4.78 is 0. The van der Waals surface area contributed by atoms with Crippen molar-refractivity contribution < 1.29 is 0 Å². The van der Waals surface area contributed by atoms with Crippen LogP contribution in [-0.4, -0.2) is 9.97 Å². The summed E-state index contributed by atoms with van der Waals surface area (Å²) in [6.07, 6.45) is 7.30. The van der Waals surface area contributed by atoms with Gasteiger partial charge in [-0.15, -0.1) is 11.3 Å². The quantitative estimate of drug-likeness (QED) is 0.132. The Balaban J connectivity index is 1.36. The lowest BCUT2D eigenvalue weighted by Gasteiger charge is -2.18. The van der Waals surface area contributed by atoms with E-state index in [0.717, 1.165) is 50.5 Å². The molecule has 0 fully saturated rings. The van der Waals surface area contributed by atoms with Crippen LogP contribution in [0.4, 0.5) is 17.1 Å². The van der Waals surface area contributed by atoms with Crippen molar-refractivity contribution in [3.63, 3.8) is 0 Å². The molecule has 39 heavy (non-hydrogen) atoms. The smallest absolute Gasteiger partial charge is 0.0606 e. The number of pyridine rings is 2. The first-order valence-corrected chi connectivity index (χ1v) is 13.3. The van der Waals surface area contributed by atoms with E-state index in [2.05, 4.69) is 58.7 Å². The van der Waals surface area contributed by atoms with Crippen LogP contribution in [0.3, 0.4) is 0 Å². The van der Waals surface area contributed by atoms with E-state index < -0.39 is 0 Å². The number of anilines is 3. The molecule has 0 saturated heterocycles. The minimum absolute atomic E-state index is 0.619. The molecule has 0 amide bonds. The van der Waals surface area contributed by atoms with Crippen LogP contribution in [0.25, 0.3) is 32.8 Å². The molecule has 2 aromatic carbocycles. The Morgan fingerprint density at radius 1 is 0.821 bits per heavy atom. The van der Waals surface area contributed by atoms with Gasteiger partial charge >= 0.3 is 0 Å². The Bertz CT molecular complexity index is 1670. The molecule has 5 rings (SSSR count). The standard InChI is InChI=1S/C33H29N5S/c1-21(23(3)38-32-20-36-19-30(22(32)2)33-11-8-14-39-33)29-16-26(12-13-31(29)34)27-15-28(18-35-17-27)37-24(4)25-9-6-5-7-10-25/h5-20,37-38H,1,3-4,34H2,2H3. The van der Waals surface area contributed by atoms with Crippen molar-refractivity contribution in [2.75, 3.05) is 16.4 Å². The Kier molecular flexibility index (Phi) is 7.39. The fourth-order valence-electron chi connectivity index (χ4n) is 4.28. The third kappa shape index (κ3) is 5.66. The van der Waals surface area contributed by atoms with Gasteiger partial charge in [0.25, 0.3) is 0 Å². The van der Waals surface area contributed by atoms with Crippen molar-refractivity contribution in [2.45, 2.75) is 6.92 Å². The van der Waals surface area contributed by atoms with Crippen molar-refractivity contribution >= 4 is 39.7 Å². The molecule has 0 unspecified atom stereocenters. The van der Waals surface area contributed by atoms with Crippen molar-refractivity contribution in [1.29, 1.82) is 0 Å². The molecule has 4 N–H and O–H groups in total. The largest absolute Gasteiger partial charge is 0.398 e. The minimum Gasteiger partial charge on any atom is -0.398 e. The Hall–Kier alpha value is -4.94. The predicted molar refractivity (Wildman–Crippen MR) is 167 cm³/mol. The van der Waals surface area contributed by atoms with E-state index in [1.807, 2.05) is 73.1 Å². The maximum Gasteiger partial charge on any atom is 0.0606 e. The Morgan fingerprint density at radius 3 is 2.38 bits per heavy atom. The SMILES string of the molecule is C=C(Nc1cncc(-c2cccs2)c1C)C(=C)c1cc(-c2cncc(NC(=C)c3ccccc3)c2)ccc1N. The second-order valence-corrected chi connectivity index (χ2v) is 10.1. The van der Waals surface area contributed by atoms with Gasteiger partial charge in [0, 0.05) is 51.0 Å². The fraction of sp³-hybridized carbons (Fsp3) is 0.0303. The third-order valence-electron chi connectivity index (χ3n) is 6.52. The summed E-state index contributed by atoms with van der Waals surface area (Å²) in [5, 5.41) is 8.82. The van der Waals surface area contributed by atoms with Crippen LogP contribution in [0.2, 0.25) is 0 Å². The number of aromatic nitrogens is 2. The van der Waals surface area contributed by atoms with Gasteiger partial charge in [-0.1, -0.05) is 62.2 Å². The number of allylic oxidation sites excluding steroid dienone is 1. The zero-order chi connectivity index (χ0) is 27.4. The van der Waals surface area contributed by atoms with Crippen molar-refractivity contribution in [1.82, 2.24) is 9.97 Å². The highest BCUT2D eigenvalue weighted by atomic mass is 32.1. The normalized spacial score (nSPS) is 10.6. The highest BCUT2D eigenvalue weighted by molar-refractivity contribution is 7.13. The van der Waals surface area contributed by atoms with Crippen LogP contribution in [0, 0.1) is 6.92 Å². The monoisotopic (exact) mass is 527 g/mol. The van der Waals surface area contributed by atoms with E-state index in [4.69, 9.17) is 5.73 Å². The van der Waals surface area contributed by atoms with Gasteiger partial charge < -0.3 is 16.4 Å². The molecule has 0 saturated carbocycles. The lowest BCUT2D eigenvalue weighted by atomic mass is 9.97. The first-order chi connectivity index (χ1) is 18.9. The topological polar surface area (TPSA) is 75.9 Å². The van der Waals surface area contributed by atoms with Crippen LogP contribution in [0.5, 0.6) is 0 Å². The molecular weight excluding hydrogens is 498 g/mol. The molecule has 5 aromatic rings. The average Bonchev–Trinajstić information content (AvgIpc) is 3.49. The van der Waals surface area contributed by atoms with E-state index in [1.54, 1.807) is 23.7 Å². The van der Waals surface area contributed by atoms with Gasteiger partial charge in [-0.2, -0.15) is 0 Å². The van der Waals surface area contributed by atoms with Crippen molar-refractivity contribution in [3.8, 4) is 21.6 Å². The fourth-order valence-corrected chi connectivity index (χ4v) is 5.07. The van der Waals surface area contributed by atoms with Gasteiger partial charge in [0.1, 0.15) is 0 Å². The number of nitrogens with one attached hydrogen (secondary N) is 2. The number of thiophene rings is 1. The molecule has 0 atom stereocenters. The second-order valence-electron chi connectivity index (χ2n) is 9.15. The summed E-state index contributed by atoms with van der Waals surface area (Å²) >= 11 is 1.69. The van der Waals surface area contributed by atoms with Crippen molar-refractivity contribution in [2.24, 2.45) is 0 Å². The summed E-state index contributed by atoms with van der Waals surface area (Å²) in [4.78, 5) is 10.0. The molecule has 5 nitrogen and oxygen atoms in total. The Morgan fingerprint density at radius 2 is 1.62 bits per heavy atom. The molecule has 0 aliphatic heterocycles. The van der Waals surface area contributed by atoms with Crippen LogP contribution < -0.4 is 16.4 Å². The second kappa shape index (κ2) is 11.2. The summed E-state index contributed by atoms with van der Waals surface area (Å²) in [5.41, 5.74) is 16.8. The molecule has 0 radical (unpaired) electrons. The first kappa shape index (κ1) is 25.7. The van der Waals surface area contributed by atoms with Crippen LogP contribution in [-0.2, 0) is 0 Å². The number of rotatable bonds is 9. The van der Waals surface area contributed by atoms with E-state index in [-0.39, 0.29) is 0 Å². The molecule has 0 aliphatic rings. The molecule has 3 heterocycles. The molecule has 3 aromatic heterocycles.